The Bertz CT molecular complexity index is 970. The second-order valence-electron chi connectivity index (χ2n) is 5.29. The van der Waals surface area contributed by atoms with Crippen LogP contribution in [0.4, 0.5) is 5.69 Å². The first kappa shape index (κ1) is 16.8. The number of ether oxygens (including phenoxy) is 1. The number of aryl methyl sites for hydroxylation is 2. The summed E-state index contributed by atoms with van der Waals surface area (Å²) in [7, 11) is 0. The quantitative estimate of drug-likeness (QED) is 0.717. The van der Waals surface area contributed by atoms with Crippen LogP contribution in [0.3, 0.4) is 0 Å². The van der Waals surface area contributed by atoms with Crippen molar-refractivity contribution in [3.63, 3.8) is 0 Å². The zero-order valence-electron chi connectivity index (χ0n) is 13.5. The molecule has 0 saturated carbocycles. The fourth-order valence-electron chi connectivity index (χ4n) is 2.20. The fraction of sp³-hybridized carbons (Fsp3) is 0.188. The predicted molar refractivity (Wildman–Crippen MR) is 90.6 cm³/mol. The van der Waals surface area contributed by atoms with Gasteiger partial charge in [-0.15, -0.1) is 5.10 Å². The van der Waals surface area contributed by atoms with Crippen molar-refractivity contribution in [3.8, 4) is 0 Å². The molecule has 0 saturated heterocycles. The normalized spacial score (nSPS) is 10.7. The average Bonchev–Trinajstić information content (AvgIpc) is 2.99. The van der Waals surface area contributed by atoms with Crippen molar-refractivity contribution in [1.29, 1.82) is 0 Å². The molecular weight excluding hydrogens is 346 g/mol. The van der Waals surface area contributed by atoms with E-state index in [1.54, 1.807) is 24.3 Å². The molecule has 1 N–H and O–H groups in total. The van der Waals surface area contributed by atoms with Crippen LogP contribution in [-0.2, 0) is 9.53 Å². The number of benzene rings is 1. The molecule has 0 bridgehead atoms. The molecule has 25 heavy (non-hydrogen) atoms. The number of hydrogen-bond donors (Lipinski definition) is 1. The first-order chi connectivity index (χ1) is 11.9. The van der Waals surface area contributed by atoms with Crippen molar-refractivity contribution in [2.24, 2.45) is 0 Å². The molecule has 1 aromatic carbocycles. The van der Waals surface area contributed by atoms with E-state index in [1.165, 1.54) is 4.52 Å². The zero-order valence-corrected chi connectivity index (χ0v) is 14.2. The van der Waals surface area contributed by atoms with E-state index in [9.17, 15) is 9.59 Å². The maximum atomic E-state index is 12.0. The molecule has 0 radical (unpaired) electrons. The minimum Gasteiger partial charge on any atom is -0.450 e. The van der Waals surface area contributed by atoms with Gasteiger partial charge in [0.1, 0.15) is 0 Å². The smallest absolute Gasteiger partial charge is 0.378 e. The Morgan fingerprint density at radius 2 is 2.00 bits per heavy atom. The summed E-state index contributed by atoms with van der Waals surface area (Å²) in [4.78, 5) is 32.1. The summed E-state index contributed by atoms with van der Waals surface area (Å²) in [5.41, 5.74) is 1.98. The van der Waals surface area contributed by atoms with Crippen molar-refractivity contribution in [1.82, 2.24) is 19.6 Å². The molecule has 9 heteroatoms. The highest BCUT2D eigenvalue weighted by molar-refractivity contribution is 6.33. The fourth-order valence-corrected chi connectivity index (χ4v) is 2.38. The number of nitrogens with zero attached hydrogens (tertiary/aromatic N) is 4. The van der Waals surface area contributed by atoms with Gasteiger partial charge < -0.3 is 10.1 Å². The van der Waals surface area contributed by atoms with E-state index in [0.717, 1.165) is 11.4 Å². The average molecular weight is 360 g/mol. The van der Waals surface area contributed by atoms with Crippen LogP contribution in [0.25, 0.3) is 5.78 Å². The van der Waals surface area contributed by atoms with Gasteiger partial charge in [0.05, 0.1) is 10.7 Å². The first-order valence-corrected chi connectivity index (χ1v) is 7.74. The third kappa shape index (κ3) is 3.74. The SMILES string of the molecule is Cc1cc(C)n2nc(C(=O)OCC(=O)Nc3ccccc3Cl)nc2n1. The molecule has 2 heterocycles. The maximum absolute atomic E-state index is 12.0. The standard InChI is InChI=1S/C16H14ClN5O3/c1-9-7-10(2)22-16(18-9)20-14(21-22)15(24)25-8-13(23)19-12-6-4-3-5-11(12)17/h3-7H,8H2,1-2H3,(H,19,23). The van der Waals surface area contributed by atoms with Crippen LogP contribution >= 0.6 is 11.6 Å². The lowest BCUT2D eigenvalue weighted by atomic mass is 10.3. The topological polar surface area (TPSA) is 98.5 Å². The molecular formula is C16H14ClN5O3. The summed E-state index contributed by atoms with van der Waals surface area (Å²) >= 11 is 5.95. The van der Waals surface area contributed by atoms with Gasteiger partial charge >= 0.3 is 5.97 Å². The van der Waals surface area contributed by atoms with Gasteiger partial charge in [-0.3, -0.25) is 4.79 Å². The molecule has 128 valence electrons. The van der Waals surface area contributed by atoms with Gasteiger partial charge in [0.2, 0.25) is 0 Å². The summed E-state index contributed by atoms with van der Waals surface area (Å²) in [5.74, 6) is -1.19. The van der Waals surface area contributed by atoms with Gasteiger partial charge in [-0.25, -0.2) is 14.3 Å². The molecule has 0 unspecified atom stereocenters. The van der Waals surface area contributed by atoms with Gasteiger partial charge in [-0.2, -0.15) is 4.98 Å². The molecule has 0 spiro atoms. The van der Waals surface area contributed by atoms with E-state index in [2.05, 4.69) is 20.4 Å². The van der Waals surface area contributed by atoms with Crippen molar-refractivity contribution in [3.05, 3.63) is 52.6 Å². The van der Waals surface area contributed by atoms with Crippen molar-refractivity contribution in [2.45, 2.75) is 13.8 Å². The van der Waals surface area contributed by atoms with E-state index in [4.69, 9.17) is 16.3 Å². The predicted octanol–water partition coefficient (Wildman–Crippen LogP) is 2.19. The summed E-state index contributed by atoms with van der Waals surface area (Å²) in [6.07, 6.45) is 0. The lowest BCUT2D eigenvalue weighted by Gasteiger charge is -2.06. The number of nitrogens with one attached hydrogen (secondary N) is 1. The number of aromatic nitrogens is 4. The molecule has 3 rings (SSSR count). The highest BCUT2D eigenvalue weighted by atomic mass is 35.5. The number of anilines is 1. The van der Waals surface area contributed by atoms with Gasteiger partial charge in [0.15, 0.2) is 6.61 Å². The number of halogens is 1. The number of carbonyl (C=O) groups excluding carboxylic acids is 2. The highest BCUT2D eigenvalue weighted by Crippen LogP contribution is 2.20. The summed E-state index contributed by atoms with van der Waals surface area (Å²) in [6, 6.07) is 8.56. The van der Waals surface area contributed by atoms with E-state index < -0.39 is 18.5 Å². The Balaban J connectivity index is 1.65. The van der Waals surface area contributed by atoms with Crippen LogP contribution in [0.5, 0.6) is 0 Å². The van der Waals surface area contributed by atoms with E-state index in [-0.39, 0.29) is 5.82 Å². The minimum atomic E-state index is -0.808. The van der Waals surface area contributed by atoms with Crippen LogP contribution in [0.1, 0.15) is 22.0 Å². The van der Waals surface area contributed by atoms with Crippen molar-refractivity contribution in [2.75, 3.05) is 11.9 Å². The van der Waals surface area contributed by atoms with E-state index >= 15 is 0 Å². The zero-order chi connectivity index (χ0) is 18.0. The third-order valence-corrected chi connectivity index (χ3v) is 3.61. The molecule has 3 aromatic rings. The number of rotatable bonds is 4. The third-order valence-electron chi connectivity index (χ3n) is 3.28. The lowest BCUT2D eigenvalue weighted by Crippen LogP contribution is -2.21. The van der Waals surface area contributed by atoms with Crippen LogP contribution in [0, 0.1) is 13.8 Å². The maximum Gasteiger partial charge on any atom is 0.378 e. The second-order valence-corrected chi connectivity index (χ2v) is 5.70. The lowest BCUT2D eigenvalue weighted by molar-refractivity contribution is -0.119. The molecule has 8 nitrogen and oxygen atoms in total. The molecule has 1 amide bonds. The number of esters is 1. The Kier molecular flexibility index (Phi) is 4.62. The number of hydrogen-bond acceptors (Lipinski definition) is 6. The minimum absolute atomic E-state index is 0.160. The monoisotopic (exact) mass is 359 g/mol. The summed E-state index contributed by atoms with van der Waals surface area (Å²) in [5, 5.41) is 6.99. The number of carbonyl (C=O) groups is 2. The molecule has 0 atom stereocenters. The Morgan fingerprint density at radius 3 is 2.76 bits per heavy atom. The number of fused-ring (bicyclic) bond motifs is 1. The molecule has 0 aliphatic rings. The van der Waals surface area contributed by atoms with Crippen LogP contribution in [0.15, 0.2) is 30.3 Å². The largest absolute Gasteiger partial charge is 0.450 e. The van der Waals surface area contributed by atoms with Gasteiger partial charge in [0.25, 0.3) is 17.5 Å². The molecule has 0 fully saturated rings. The number of para-hydroxylation sites is 1. The summed E-state index contributed by atoms with van der Waals surface area (Å²) < 4.78 is 6.38. The second kappa shape index (κ2) is 6.86. The van der Waals surface area contributed by atoms with Gasteiger partial charge in [0, 0.05) is 11.4 Å². The summed E-state index contributed by atoms with van der Waals surface area (Å²) in [6.45, 7) is 3.16. The first-order valence-electron chi connectivity index (χ1n) is 7.36. The van der Waals surface area contributed by atoms with Gasteiger partial charge in [-0.1, -0.05) is 23.7 Å². The van der Waals surface area contributed by atoms with Crippen molar-refractivity contribution < 1.29 is 14.3 Å². The van der Waals surface area contributed by atoms with Crippen molar-refractivity contribution >= 4 is 34.9 Å². The molecule has 2 aromatic heterocycles. The number of amides is 1. The van der Waals surface area contributed by atoms with Gasteiger partial charge in [-0.05, 0) is 32.0 Å². The Morgan fingerprint density at radius 1 is 1.24 bits per heavy atom. The Labute approximate surface area is 147 Å². The van der Waals surface area contributed by atoms with Crippen LogP contribution < -0.4 is 5.32 Å². The van der Waals surface area contributed by atoms with Crippen LogP contribution in [-0.4, -0.2) is 38.1 Å². The molecule has 0 aliphatic heterocycles. The van der Waals surface area contributed by atoms with Crippen LogP contribution in [0.2, 0.25) is 5.02 Å². The van der Waals surface area contributed by atoms with E-state index in [0.29, 0.717) is 16.5 Å². The Hall–Kier alpha value is -3.00. The van der Waals surface area contributed by atoms with E-state index in [1.807, 2.05) is 19.9 Å². The molecule has 0 aliphatic carbocycles. The highest BCUT2D eigenvalue weighted by Gasteiger charge is 2.18.